The van der Waals surface area contributed by atoms with Crippen molar-refractivity contribution in [1.29, 1.82) is 0 Å². The van der Waals surface area contributed by atoms with Crippen molar-refractivity contribution in [3.8, 4) is 0 Å². The van der Waals surface area contributed by atoms with Gasteiger partial charge in [0.1, 0.15) is 0 Å². The van der Waals surface area contributed by atoms with Crippen molar-refractivity contribution in [2.24, 2.45) is 23.2 Å². The van der Waals surface area contributed by atoms with E-state index in [4.69, 9.17) is 4.74 Å². The highest BCUT2D eigenvalue weighted by Crippen LogP contribution is 2.67. The molecule has 1 heteroatoms. The van der Waals surface area contributed by atoms with Crippen LogP contribution < -0.4 is 0 Å². The molecule has 0 radical (unpaired) electrons. The second-order valence-corrected chi connectivity index (χ2v) is 5.52. The third-order valence-corrected chi connectivity index (χ3v) is 5.24. The van der Waals surface area contributed by atoms with Gasteiger partial charge < -0.3 is 4.74 Å². The molecule has 2 aliphatic carbocycles. The molecule has 6 unspecified atom stereocenters. The van der Waals surface area contributed by atoms with Crippen molar-refractivity contribution in [2.45, 2.75) is 38.4 Å². The summed E-state index contributed by atoms with van der Waals surface area (Å²) in [4.78, 5) is 0. The molecule has 4 rings (SSSR count). The van der Waals surface area contributed by atoms with Gasteiger partial charge in [0.2, 0.25) is 0 Å². The molecule has 13 heavy (non-hydrogen) atoms. The fraction of sp³-hybridized carbons (Fsp3) is 0.833. The smallest absolute Gasteiger partial charge is 0.0643 e. The lowest BCUT2D eigenvalue weighted by molar-refractivity contribution is 0.0520. The van der Waals surface area contributed by atoms with Crippen LogP contribution in [0.15, 0.2) is 12.2 Å². The van der Waals surface area contributed by atoms with Crippen LogP contribution in [-0.4, -0.2) is 12.2 Å². The Hall–Kier alpha value is -0.300. The van der Waals surface area contributed by atoms with Crippen molar-refractivity contribution < 1.29 is 4.74 Å². The normalized spacial score (nSPS) is 66.4. The molecule has 0 N–H and O–H groups in total. The maximum atomic E-state index is 6.08. The zero-order valence-electron chi connectivity index (χ0n) is 8.07. The standard InChI is InChI=1S/C12H16O/c1-12-8-3-2-7(6-8)11(12)9-4-5-10(12)13-9/h2-3,7-11H,4-6H2,1H3. The van der Waals surface area contributed by atoms with Crippen molar-refractivity contribution in [3.05, 3.63) is 12.2 Å². The number of hydrogen-bond donors (Lipinski definition) is 0. The third kappa shape index (κ3) is 0.576. The van der Waals surface area contributed by atoms with Crippen LogP contribution in [0.3, 0.4) is 0 Å². The predicted octanol–water partition coefficient (Wildman–Crippen LogP) is 2.38. The van der Waals surface area contributed by atoms with E-state index in [-0.39, 0.29) is 0 Å². The molecule has 2 saturated heterocycles. The quantitative estimate of drug-likeness (QED) is 0.515. The zero-order chi connectivity index (χ0) is 8.63. The fourth-order valence-electron chi connectivity index (χ4n) is 4.68. The summed E-state index contributed by atoms with van der Waals surface area (Å²) >= 11 is 0. The lowest BCUT2D eigenvalue weighted by Gasteiger charge is -2.39. The molecule has 4 bridgehead atoms. The first-order chi connectivity index (χ1) is 6.30. The summed E-state index contributed by atoms with van der Waals surface area (Å²) in [7, 11) is 0. The maximum Gasteiger partial charge on any atom is 0.0643 e. The van der Waals surface area contributed by atoms with Gasteiger partial charge in [0.05, 0.1) is 12.2 Å². The average Bonchev–Trinajstić information content (AvgIpc) is 2.79. The van der Waals surface area contributed by atoms with Crippen LogP contribution in [0.4, 0.5) is 0 Å². The summed E-state index contributed by atoms with van der Waals surface area (Å²) < 4.78 is 6.08. The largest absolute Gasteiger partial charge is 0.374 e. The highest BCUT2D eigenvalue weighted by molar-refractivity contribution is 5.25. The van der Waals surface area contributed by atoms with Gasteiger partial charge in [0.25, 0.3) is 0 Å². The van der Waals surface area contributed by atoms with Crippen molar-refractivity contribution >= 4 is 0 Å². The van der Waals surface area contributed by atoms with Gasteiger partial charge in [0.15, 0.2) is 0 Å². The van der Waals surface area contributed by atoms with E-state index in [0.29, 0.717) is 17.6 Å². The van der Waals surface area contributed by atoms with Crippen LogP contribution in [0, 0.1) is 23.2 Å². The summed E-state index contributed by atoms with van der Waals surface area (Å²) in [6.45, 7) is 2.48. The van der Waals surface area contributed by atoms with Gasteiger partial charge in [-0.3, -0.25) is 0 Å². The summed E-state index contributed by atoms with van der Waals surface area (Å²) in [6.07, 6.45) is 10.2. The Morgan fingerprint density at radius 2 is 2.23 bits per heavy atom. The fourth-order valence-corrected chi connectivity index (χ4v) is 4.68. The molecule has 1 nitrogen and oxygen atoms in total. The van der Waals surface area contributed by atoms with E-state index >= 15 is 0 Å². The first-order valence-electron chi connectivity index (χ1n) is 5.64. The van der Waals surface area contributed by atoms with E-state index in [1.807, 2.05) is 0 Å². The zero-order valence-corrected chi connectivity index (χ0v) is 8.07. The van der Waals surface area contributed by atoms with Gasteiger partial charge in [-0.25, -0.2) is 0 Å². The van der Waals surface area contributed by atoms with Gasteiger partial charge >= 0.3 is 0 Å². The summed E-state index contributed by atoms with van der Waals surface area (Å²) in [5.41, 5.74) is 0.530. The maximum absolute atomic E-state index is 6.08. The van der Waals surface area contributed by atoms with Gasteiger partial charge in [-0.05, 0) is 37.0 Å². The Labute approximate surface area is 79.2 Å². The number of allylic oxidation sites excluding steroid dienone is 2. The van der Waals surface area contributed by atoms with E-state index in [1.54, 1.807) is 0 Å². The van der Waals surface area contributed by atoms with Crippen LogP contribution in [0.25, 0.3) is 0 Å². The number of rotatable bonds is 0. The number of ether oxygens (including phenoxy) is 1. The molecule has 3 fully saturated rings. The first kappa shape index (κ1) is 7.05. The van der Waals surface area contributed by atoms with Crippen LogP contribution in [0.5, 0.6) is 0 Å². The molecule has 0 spiro atoms. The Bertz CT molecular complexity index is 295. The highest BCUT2D eigenvalue weighted by Gasteiger charge is 2.66. The Morgan fingerprint density at radius 1 is 1.31 bits per heavy atom. The Balaban J connectivity index is 1.89. The summed E-state index contributed by atoms with van der Waals surface area (Å²) in [6, 6.07) is 0. The number of hydrogen-bond acceptors (Lipinski definition) is 1. The summed E-state index contributed by atoms with van der Waals surface area (Å²) in [5.74, 6) is 2.59. The van der Waals surface area contributed by atoms with E-state index in [0.717, 1.165) is 17.8 Å². The minimum absolute atomic E-state index is 0.530. The molecule has 0 aromatic carbocycles. The minimum atomic E-state index is 0.530. The van der Waals surface area contributed by atoms with E-state index in [9.17, 15) is 0 Å². The second-order valence-electron chi connectivity index (χ2n) is 5.52. The Kier molecular flexibility index (Phi) is 1.02. The molecule has 4 aliphatic rings. The van der Waals surface area contributed by atoms with E-state index in [1.165, 1.54) is 19.3 Å². The monoisotopic (exact) mass is 176 g/mol. The van der Waals surface area contributed by atoms with Gasteiger partial charge in [-0.1, -0.05) is 19.1 Å². The molecule has 0 amide bonds. The average molecular weight is 176 g/mol. The highest BCUT2D eigenvalue weighted by atomic mass is 16.5. The lowest BCUT2D eigenvalue weighted by Crippen LogP contribution is -2.40. The van der Waals surface area contributed by atoms with Crippen LogP contribution in [-0.2, 0) is 4.74 Å². The molecule has 2 aliphatic heterocycles. The molecule has 1 saturated carbocycles. The van der Waals surface area contributed by atoms with Gasteiger partial charge in [-0.2, -0.15) is 0 Å². The topological polar surface area (TPSA) is 9.23 Å². The third-order valence-electron chi connectivity index (χ3n) is 5.24. The molecule has 6 atom stereocenters. The Morgan fingerprint density at radius 3 is 3.08 bits per heavy atom. The van der Waals surface area contributed by atoms with E-state index in [2.05, 4.69) is 19.1 Å². The lowest BCUT2D eigenvalue weighted by atomic mass is 9.62. The molecule has 2 heterocycles. The second kappa shape index (κ2) is 1.88. The molecular formula is C12H16O. The number of fused-ring (bicyclic) bond motifs is 9. The van der Waals surface area contributed by atoms with Crippen LogP contribution >= 0.6 is 0 Å². The van der Waals surface area contributed by atoms with Gasteiger partial charge in [-0.15, -0.1) is 0 Å². The van der Waals surface area contributed by atoms with Gasteiger partial charge in [0, 0.05) is 5.41 Å². The van der Waals surface area contributed by atoms with Crippen LogP contribution in [0.2, 0.25) is 0 Å². The predicted molar refractivity (Wildman–Crippen MR) is 50.2 cm³/mol. The van der Waals surface area contributed by atoms with E-state index < -0.39 is 0 Å². The molecular weight excluding hydrogens is 160 g/mol. The molecule has 70 valence electrons. The first-order valence-corrected chi connectivity index (χ1v) is 5.64. The minimum Gasteiger partial charge on any atom is -0.374 e. The molecule has 0 aromatic heterocycles. The van der Waals surface area contributed by atoms with Crippen LogP contribution in [0.1, 0.15) is 26.2 Å². The van der Waals surface area contributed by atoms with Crippen molar-refractivity contribution in [2.75, 3.05) is 0 Å². The van der Waals surface area contributed by atoms with Crippen molar-refractivity contribution in [3.63, 3.8) is 0 Å². The SMILES string of the molecule is CC12C3C=CC(C3)C1C1CCC2O1. The molecule has 0 aromatic rings. The van der Waals surface area contributed by atoms with Crippen molar-refractivity contribution in [1.82, 2.24) is 0 Å². The summed E-state index contributed by atoms with van der Waals surface area (Å²) in [5, 5.41) is 0.